The quantitative estimate of drug-likeness (QED) is 0.812. The molecule has 0 saturated carbocycles. The normalized spacial score (nSPS) is 10.8. The summed E-state index contributed by atoms with van der Waals surface area (Å²) >= 11 is 0. The van der Waals surface area contributed by atoms with Gasteiger partial charge in [-0.3, -0.25) is 14.3 Å². The second-order valence-corrected chi connectivity index (χ2v) is 5.64. The van der Waals surface area contributed by atoms with Gasteiger partial charge in [0.05, 0.1) is 0 Å². The predicted octanol–water partition coefficient (Wildman–Crippen LogP) is 2.08. The number of aromatic nitrogens is 2. The van der Waals surface area contributed by atoms with Crippen molar-refractivity contribution in [3.8, 4) is 0 Å². The minimum atomic E-state index is -0.505. The van der Waals surface area contributed by atoms with Crippen LogP contribution in [0.3, 0.4) is 0 Å². The van der Waals surface area contributed by atoms with Crippen molar-refractivity contribution in [1.29, 1.82) is 0 Å². The molecule has 24 heavy (non-hydrogen) atoms. The van der Waals surface area contributed by atoms with Gasteiger partial charge >= 0.3 is 5.69 Å². The lowest BCUT2D eigenvalue weighted by molar-refractivity contribution is 0.602. The van der Waals surface area contributed by atoms with Crippen molar-refractivity contribution in [3.63, 3.8) is 0 Å². The molecule has 0 amide bonds. The fraction of sp³-hybridized carbons (Fsp3) is 0.412. The molecule has 3 N–H and O–H groups in total. The van der Waals surface area contributed by atoms with Crippen molar-refractivity contribution in [2.24, 2.45) is 0 Å². The number of nitrogens with two attached hydrogens (primary N) is 1. The minimum absolute atomic E-state index is 0.168. The van der Waals surface area contributed by atoms with Crippen LogP contribution in [0.15, 0.2) is 33.9 Å². The number of H-pyrrole nitrogens is 1. The average molecular weight is 334 g/mol. The largest absolute Gasteiger partial charge is 0.383 e. The number of anilines is 2. The standard InChI is InChI=1S/C17H23FN4O2/c1-3-5-10-22-15(19)14(16(23)20-17(22)24)21(4-2)11-12-6-8-13(18)9-7-12/h6-9H,3-5,10-11,19H2,1-2H3,(H,20,23,24). The fourth-order valence-corrected chi connectivity index (χ4v) is 2.58. The Bertz CT molecular complexity index is 796. The van der Waals surface area contributed by atoms with Crippen LogP contribution in [0.1, 0.15) is 32.3 Å². The van der Waals surface area contributed by atoms with E-state index < -0.39 is 11.2 Å². The van der Waals surface area contributed by atoms with Gasteiger partial charge in [0.25, 0.3) is 5.56 Å². The number of halogens is 1. The molecule has 0 fully saturated rings. The Labute approximate surface area is 139 Å². The molecule has 0 spiro atoms. The SMILES string of the molecule is CCCCn1c(N)c(N(CC)Cc2ccc(F)cc2)c(=O)[nH]c1=O. The molecule has 0 bridgehead atoms. The van der Waals surface area contributed by atoms with Crippen molar-refractivity contribution in [2.45, 2.75) is 39.8 Å². The third-order valence-electron chi connectivity index (χ3n) is 3.93. The zero-order valence-corrected chi connectivity index (χ0v) is 14.0. The van der Waals surface area contributed by atoms with Crippen LogP contribution < -0.4 is 21.9 Å². The maximum Gasteiger partial charge on any atom is 0.330 e. The van der Waals surface area contributed by atoms with Gasteiger partial charge < -0.3 is 10.6 Å². The molecule has 0 aliphatic carbocycles. The number of hydrogen-bond donors (Lipinski definition) is 2. The van der Waals surface area contributed by atoms with E-state index in [-0.39, 0.29) is 17.3 Å². The van der Waals surface area contributed by atoms with Crippen LogP contribution in [-0.4, -0.2) is 16.1 Å². The monoisotopic (exact) mass is 334 g/mol. The van der Waals surface area contributed by atoms with Gasteiger partial charge in [-0.25, -0.2) is 9.18 Å². The Balaban J connectivity index is 2.41. The number of nitrogens with zero attached hydrogens (tertiary/aromatic N) is 2. The first-order chi connectivity index (χ1) is 11.5. The zero-order valence-electron chi connectivity index (χ0n) is 14.0. The van der Waals surface area contributed by atoms with E-state index in [1.165, 1.54) is 16.7 Å². The van der Waals surface area contributed by atoms with E-state index in [1.807, 2.05) is 13.8 Å². The predicted molar refractivity (Wildman–Crippen MR) is 93.8 cm³/mol. The van der Waals surface area contributed by atoms with Crippen LogP contribution in [0.5, 0.6) is 0 Å². The summed E-state index contributed by atoms with van der Waals surface area (Å²) in [5, 5.41) is 0. The number of nitrogens with one attached hydrogen (secondary N) is 1. The van der Waals surface area contributed by atoms with Crippen LogP contribution in [0.2, 0.25) is 0 Å². The van der Waals surface area contributed by atoms with E-state index in [2.05, 4.69) is 4.98 Å². The first-order valence-corrected chi connectivity index (χ1v) is 8.09. The summed E-state index contributed by atoms with van der Waals surface area (Å²) in [5.41, 5.74) is 6.25. The van der Waals surface area contributed by atoms with E-state index in [0.717, 1.165) is 18.4 Å². The smallest absolute Gasteiger partial charge is 0.330 e. The summed E-state index contributed by atoms with van der Waals surface area (Å²) in [6, 6.07) is 6.07. The lowest BCUT2D eigenvalue weighted by atomic mass is 10.2. The molecule has 7 heteroatoms. The van der Waals surface area contributed by atoms with Crippen molar-refractivity contribution in [3.05, 3.63) is 56.5 Å². The Morgan fingerprint density at radius 1 is 1.21 bits per heavy atom. The number of benzene rings is 1. The molecule has 1 aromatic heterocycles. The molecule has 130 valence electrons. The van der Waals surface area contributed by atoms with E-state index in [4.69, 9.17) is 5.73 Å². The topological polar surface area (TPSA) is 84.1 Å². The summed E-state index contributed by atoms with van der Waals surface area (Å²) in [6.45, 7) is 5.29. The lowest BCUT2D eigenvalue weighted by Gasteiger charge is -2.25. The van der Waals surface area contributed by atoms with Gasteiger partial charge in [0, 0.05) is 19.6 Å². The summed E-state index contributed by atoms with van der Waals surface area (Å²) in [7, 11) is 0. The first kappa shape index (κ1) is 17.8. The van der Waals surface area contributed by atoms with E-state index in [0.29, 0.717) is 19.6 Å². The molecule has 0 aliphatic rings. The third-order valence-corrected chi connectivity index (χ3v) is 3.93. The Kier molecular flexibility index (Phi) is 5.78. The molecule has 0 aliphatic heterocycles. The highest BCUT2D eigenvalue weighted by Gasteiger charge is 2.18. The van der Waals surface area contributed by atoms with Crippen LogP contribution in [0, 0.1) is 5.82 Å². The van der Waals surface area contributed by atoms with E-state index in [9.17, 15) is 14.0 Å². The molecule has 1 aromatic carbocycles. The Morgan fingerprint density at radius 2 is 1.88 bits per heavy atom. The number of nitrogen functional groups attached to an aromatic ring is 1. The van der Waals surface area contributed by atoms with Gasteiger partial charge in [0.1, 0.15) is 17.3 Å². The van der Waals surface area contributed by atoms with Gasteiger partial charge in [-0.15, -0.1) is 0 Å². The Hall–Kier alpha value is -2.57. The van der Waals surface area contributed by atoms with Crippen molar-refractivity contribution < 1.29 is 4.39 Å². The second-order valence-electron chi connectivity index (χ2n) is 5.64. The number of unbranched alkanes of at least 4 members (excludes halogenated alkanes) is 1. The molecule has 2 aromatic rings. The summed E-state index contributed by atoms with van der Waals surface area (Å²) < 4.78 is 14.4. The van der Waals surface area contributed by atoms with E-state index >= 15 is 0 Å². The molecular formula is C17H23FN4O2. The van der Waals surface area contributed by atoms with Gasteiger partial charge in [-0.2, -0.15) is 0 Å². The first-order valence-electron chi connectivity index (χ1n) is 8.09. The van der Waals surface area contributed by atoms with Crippen molar-refractivity contribution in [2.75, 3.05) is 17.2 Å². The molecule has 6 nitrogen and oxygen atoms in total. The van der Waals surface area contributed by atoms with Gasteiger partial charge in [-0.1, -0.05) is 25.5 Å². The summed E-state index contributed by atoms with van der Waals surface area (Å²) in [6.07, 6.45) is 1.70. The molecule has 0 atom stereocenters. The maximum atomic E-state index is 13.0. The second kappa shape index (κ2) is 7.81. The minimum Gasteiger partial charge on any atom is -0.383 e. The zero-order chi connectivity index (χ0) is 17.7. The van der Waals surface area contributed by atoms with Crippen molar-refractivity contribution >= 4 is 11.5 Å². The molecule has 1 heterocycles. The van der Waals surface area contributed by atoms with Gasteiger partial charge in [-0.05, 0) is 31.0 Å². The highest BCUT2D eigenvalue weighted by atomic mass is 19.1. The average Bonchev–Trinajstić information content (AvgIpc) is 2.55. The fourth-order valence-electron chi connectivity index (χ4n) is 2.58. The highest BCUT2D eigenvalue weighted by Crippen LogP contribution is 2.19. The van der Waals surface area contributed by atoms with Crippen LogP contribution in [0.4, 0.5) is 15.9 Å². The highest BCUT2D eigenvalue weighted by molar-refractivity contribution is 5.62. The molecule has 0 unspecified atom stereocenters. The van der Waals surface area contributed by atoms with Crippen LogP contribution >= 0.6 is 0 Å². The van der Waals surface area contributed by atoms with E-state index in [1.54, 1.807) is 17.0 Å². The molecule has 0 saturated heterocycles. The number of rotatable bonds is 7. The summed E-state index contributed by atoms with van der Waals surface area (Å²) in [5.74, 6) is -0.145. The third kappa shape index (κ3) is 3.84. The molecule has 2 rings (SSSR count). The number of aromatic amines is 1. The lowest BCUT2D eigenvalue weighted by Crippen LogP contribution is -2.38. The van der Waals surface area contributed by atoms with Crippen LogP contribution in [0.25, 0.3) is 0 Å². The maximum absolute atomic E-state index is 13.0. The van der Waals surface area contributed by atoms with Crippen LogP contribution in [-0.2, 0) is 13.1 Å². The number of hydrogen-bond acceptors (Lipinski definition) is 4. The molecule has 0 radical (unpaired) electrons. The van der Waals surface area contributed by atoms with Gasteiger partial charge in [0.2, 0.25) is 0 Å². The van der Waals surface area contributed by atoms with Gasteiger partial charge in [0.15, 0.2) is 0 Å². The Morgan fingerprint density at radius 3 is 2.46 bits per heavy atom. The van der Waals surface area contributed by atoms with Crippen molar-refractivity contribution in [1.82, 2.24) is 9.55 Å². The molecular weight excluding hydrogens is 311 g/mol. The summed E-state index contributed by atoms with van der Waals surface area (Å²) in [4.78, 5) is 28.4.